The normalized spacial score (nSPS) is 20.0. The van der Waals surface area contributed by atoms with Crippen molar-refractivity contribution in [1.29, 1.82) is 0 Å². The van der Waals surface area contributed by atoms with Crippen LogP contribution in [0, 0.1) is 5.92 Å². The van der Waals surface area contributed by atoms with Gasteiger partial charge < -0.3 is 0 Å². The van der Waals surface area contributed by atoms with E-state index in [9.17, 15) is 9.50 Å². The van der Waals surface area contributed by atoms with Gasteiger partial charge in [0.15, 0.2) is 0 Å². The SMILES string of the molecule is O=BCN[C@H](C(=O)O)C1CCCCC1. The van der Waals surface area contributed by atoms with Crippen molar-refractivity contribution in [2.45, 2.75) is 38.1 Å². The van der Waals surface area contributed by atoms with Gasteiger partial charge in [0.25, 0.3) is 0 Å². The van der Waals surface area contributed by atoms with Crippen molar-refractivity contribution in [1.82, 2.24) is 5.32 Å². The number of rotatable bonds is 5. The third kappa shape index (κ3) is 3.22. The van der Waals surface area contributed by atoms with Crippen LogP contribution < -0.4 is 5.32 Å². The van der Waals surface area contributed by atoms with Gasteiger partial charge in [-0.05, 0) is 0 Å². The quantitative estimate of drug-likeness (QED) is 0.634. The summed E-state index contributed by atoms with van der Waals surface area (Å²) < 4.78 is 10.2. The van der Waals surface area contributed by atoms with E-state index in [0.29, 0.717) is 7.15 Å². The Hall–Kier alpha value is -0.705. The standard InChI is InChI=1S/C9H16BNO3/c12-9(13)8(11-6-10-14)7-4-2-1-3-5-7/h7-8,11H,1-6H2,(H,12,13)/t8-/m0/s1. The first-order valence-corrected chi connectivity index (χ1v) is 5.15. The summed E-state index contributed by atoms with van der Waals surface area (Å²) in [7, 11) is 0.707. The van der Waals surface area contributed by atoms with Crippen molar-refractivity contribution >= 4 is 13.1 Å². The van der Waals surface area contributed by atoms with E-state index in [-0.39, 0.29) is 12.4 Å². The van der Waals surface area contributed by atoms with Crippen LogP contribution in [0.5, 0.6) is 0 Å². The fourth-order valence-corrected chi connectivity index (χ4v) is 2.10. The van der Waals surface area contributed by atoms with Crippen molar-refractivity contribution in [3.63, 3.8) is 0 Å². The molecule has 0 aromatic heterocycles. The molecule has 1 atom stereocenters. The summed E-state index contributed by atoms with van der Waals surface area (Å²) >= 11 is 0. The van der Waals surface area contributed by atoms with Gasteiger partial charge in [0, 0.05) is 0 Å². The van der Waals surface area contributed by atoms with E-state index in [4.69, 9.17) is 5.11 Å². The molecule has 0 spiro atoms. The maximum absolute atomic E-state index is 10.9. The molecule has 1 fully saturated rings. The monoisotopic (exact) mass is 197 g/mol. The second-order valence-corrected chi connectivity index (χ2v) is 3.79. The molecule has 0 bridgehead atoms. The molecule has 0 radical (unpaired) electrons. The van der Waals surface area contributed by atoms with E-state index in [0.717, 1.165) is 25.7 Å². The van der Waals surface area contributed by atoms with Gasteiger partial charge >= 0.3 is 83.5 Å². The van der Waals surface area contributed by atoms with Crippen molar-refractivity contribution in [3.8, 4) is 0 Å². The first kappa shape index (κ1) is 11.4. The molecule has 0 aliphatic heterocycles. The molecule has 1 saturated carbocycles. The Kier molecular flexibility index (Phi) is 4.80. The summed E-state index contributed by atoms with van der Waals surface area (Å²) in [5.41, 5.74) is 0. The first-order valence-electron chi connectivity index (χ1n) is 5.15. The first-order chi connectivity index (χ1) is 6.75. The number of hydrogen-bond donors (Lipinski definition) is 2. The molecule has 0 amide bonds. The molecule has 0 saturated heterocycles. The average Bonchev–Trinajstić information content (AvgIpc) is 2.19. The predicted octanol–water partition coefficient (Wildman–Crippen LogP) is 0.617. The van der Waals surface area contributed by atoms with Crippen LogP contribution in [-0.2, 0) is 9.50 Å². The maximum atomic E-state index is 10.9. The van der Waals surface area contributed by atoms with E-state index in [1.807, 2.05) is 0 Å². The minimum absolute atomic E-state index is 0.132. The van der Waals surface area contributed by atoms with Crippen LogP contribution in [0.3, 0.4) is 0 Å². The molecule has 4 nitrogen and oxygen atoms in total. The number of hydrogen-bond acceptors (Lipinski definition) is 3. The zero-order chi connectivity index (χ0) is 10.4. The van der Waals surface area contributed by atoms with E-state index in [1.165, 1.54) is 6.42 Å². The van der Waals surface area contributed by atoms with Gasteiger partial charge in [0.2, 0.25) is 0 Å². The van der Waals surface area contributed by atoms with Crippen LogP contribution in [0.4, 0.5) is 0 Å². The van der Waals surface area contributed by atoms with E-state index >= 15 is 0 Å². The third-order valence-electron chi connectivity index (χ3n) is 2.81. The molecule has 0 aromatic rings. The van der Waals surface area contributed by atoms with Gasteiger partial charge in [-0.3, -0.25) is 0 Å². The van der Waals surface area contributed by atoms with Crippen LogP contribution in [0.25, 0.3) is 0 Å². The van der Waals surface area contributed by atoms with Gasteiger partial charge in [0.05, 0.1) is 0 Å². The summed E-state index contributed by atoms with van der Waals surface area (Å²) in [6, 6.07) is -0.541. The topological polar surface area (TPSA) is 66.4 Å². The van der Waals surface area contributed by atoms with Crippen molar-refractivity contribution in [3.05, 3.63) is 0 Å². The number of aliphatic carboxylic acids is 1. The van der Waals surface area contributed by atoms with Crippen LogP contribution in [0.2, 0.25) is 0 Å². The van der Waals surface area contributed by atoms with Gasteiger partial charge in [-0.25, -0.2) is 0 Å². The Morgan fingerprint density at radius 2 is 2.07 bits per heavy atom. The number of carboxylic acid groups (broad SMARTS) is 1. The summed E-state index contributed by atoms with van der Waals surface area (Å²) in [5, 5.41) is 11.7. The van der Waals surface area contributed by atoms with E-state index in [1.54, 1.807) is 0 Å². The fourth-order valence-electron chi connectivity index (χ4n) is 2.10. The summed E-state index contributed by atoms with van der Waals surface area (Å²) in [5.74, 6) is -0.639. The molecule has 0 aromatic carbocycles. The van der Waals surface area contributed by atoms with Crippen molar-refractivity contribution < 1.29 is 14.6 Å². The molecule has 1 rings (SSSR count). The Labute approximate surface area is 84.3 Å². The third-order valence-corrected chi connectivity index (χ3v) is 2.81. The second-order valence-electron chi connectivity index (χ2n) is 3.79. The molecular weight excluding hydrogens is 181 g/mol. The van der Waals surface area contributed by atoms with Gasteiger partial charge in [-0.15, -0.1) is 0 Å². The Morgan fingerprint density at radius 3 is 2.57 bits per heavy atom. The second kappa shape index (κ2) is 5.91. The summed E-state index contributed by atoms with van der Waals surface area (Å²) in [6.45, 7) is 0. The van der Waals surface area contributed by atoms with E-state index < -0.39 is 12.0 Å². The number of nitrogens with one attached hydrogen (secondary N) is 1. The predicted molar refractivity (Wildman–Crippen MR) is 52.4 cm³/mol. The molecule has 1 aliphatic rings. The molecule has 78 valence electrons. The number of carbonyl (C=O) groups is 1. The minimum atomic E-state index is -0.834. The van der Waals surface area contributed by atoms with Crippen molar-refractivity contribution in [2.75, 3.05) is 6.44 Å². The molecule has 0 unspecified atom stereocenters. The molecule has 1 aliphatic carbocycles. The van der Waals surface area contributed by atoms with Crippen molar-refractivity contribution in [2.24, 2.45) is 5.92 Å². The summed E-state index contributed by atoms with van der Waals surface area (Å²) in [6.07, 6.45) is 5.48. The molecule has 2 N–H and O–H groups in total. The van der Waals surface area contributed by atoms with Gasteiger partial charge in [-0.1, -0.05) is 0 Å². The van der Waals surface area contributed by atoms with Crippen LogP contribution in [0.15, 0.2) is 0 Å². The summed E-state index contributed by atoms with van der Waals surface area (Å²) in [4.78, 5) is 10.9. The van der Waals surface area contributed by atoms with Crippen LogP contribution in [0.1, 0.15) is 32.1 Å². The molecule has 14 heavy (non-hydrogen) atoms. The zero-order valence-corrected chi connectivity index (χ0v) is 8.24. The number of carboxylic acids is 1. The van der Waals surface area contributed by atoms with Crippen LogP contribution in [-0.4, -0.2) is 30.7 Å². The fraction of sp³-hybridized carbons (Fsp3) is 0.889. The Bertz CT molecular complexity index is 204. The Balaban J connectivity index is 2.46. The average molecular weight is 197 g/mol. The Morgan fingerprint density at radius 1 is 1.43 bits per heavy atom. The molecular formula is C9H16BNO3. The molecule has 0 heterocycles. The molecule has 5 heteroatoms. The van der Waals surface area contributed by atoms with Gasteiger partial charge in [0.1, 0.15) is 0 Å². The van der Waals surface area contributed by atoms with Crippen LogP contribution >= 0.6 is 0 Å². The van der Waals surface area contributed by atoms with E-state index in [2.05, 4.69) is 5.32 Å². The zero-order valence-electron chi connectivity index (χ0n) is 8.24. The van der Waals surface area contributed by atoms with Gasteiger partial charge in [-0.2, -0.15) is 0 Å².